The minimum Gasteiger partial charge on any atom is -0.300 e. The van der Waals surface area contributed by atoms with Crippen LogP contribution < -0.4 is 0 Å². The number of rotatable bonds is 4. The van der Waals surface area contributed by atoms with Crippen molar-refractivity contribution in [3.8, 4) is 0 Å². The molecule has 0 radical (unpaired) electrons. The van der Waals surface area contributed by atoms with Crippen LogP contribution in [0.2, 0.25) is 0 Å². The van der Waals surface area contributed by atoms with E-state index in [-0.39, 0.29) is 5.41 Å². The van der Waals surface area contributed by atoms with Gasteiger partial charge in [-0.3, -0.25) is 4.40 Å². The maximum atomic E-state index is 4.73. The summed E-state index contributed by atoms with van der Waals surface area (Å²) in [5.74, 6) is 0. The van der Waals surface area contributed by atoms with E-state index >= 15 is 0 Å². The Morgan fingerprint density at radius 3 is 2.43 bits per heavy atom. The number of aryl methyl sites for hydroxylation is 1. The average Bonchev–Trinajstić information content (AvgIpc) is 2.63. The SMILES string of the molecule is CCc1nc2cnc(Br)cn2c1CC(C)(C)CC(C)(C)C. The second-order valence-corrected chi connectivity index (χ2v) is 8.69. The Labute approximate surface area is 136 Å². The molecule has 2 aromatic rings. The highest BCUT2D eigenvalue weighted by molar-refractivity contribution is 9.10. The molecule has 0 aliphatic heterocycles. The van der Waals surface area contributed by atoms with Crippen molar-refractivity contribution in [1.82, 2.24) is 14.4 Å². The highest BCUT2D eigenvalue weighted by Crippen LogP contribution is 2.36. The second-order valence-electron chi connectivity index (χ2n) is 7.88. The molecule has 0 amide bonds. The zero-order valence-corrected chi connectivity index (χ0v) is 15.6. The van der Waals surface area contributed by atoms with Crippen molar-refractivity contribution in [2.75, 3.05) is 0 Å². The number of aromatic nitrogens is 3. The van der Waals surface area contributed by atoms with Gasteiger partial charge in [0, 0.05) is 11.9 Å². The Balaban J connectivity index is 2.43. The maximum absolute atomic E-state index is 4.73. The van der Waals surface area contributed by atoms with E-state index in [4.69, 9.17) is 4.98 Å². The standard InChI is InChI=1S/C17H26BrN3/c1-7-12-13(8-17(5,6)11-16(2,3)4)21-10-14(18)19-9-15(21)20-12/h9-10H,7-8,11H2,1-6H3. The summed E-state index contributed by atoms with van der Waals surface area (Å²) < 4.78 is 3.05. The van der Waals surface area contributed by atoms with Gasteiger partial charge in [0.05, 0.1) is 11.9 Å². The molecule has 0 unspecified atom stereocenters. The molecule has 2 aromatic heterocycles. The van der Waals surface area contributed by atoms with Gasteiger partial charge in [-0.15, -0.1) is 0 Å². The second kappa shape index (κ2) is 5.71. The van der Waals surface area contributed by atoms with Crippen molar-refractivity contribution in [2.24, 2.45) is 10.8 Å². The molecule has 0 bridgehead atoms. The summed E-state index contributed by atoms with van der Waals surface area (Å²) in [6, 6.07) is 0. The highest BCUT2D eigenvalue weighted by Gasteiger charge is 2.28. The molecule has 3 nitrogen and oxygen atoms in total. The Hall–Kier alpha value is -0.900. The smallest absolute Gasteiger partial charge is 0.155 e. The maximum Gasteiger partial charge on any atom is 0.155 e. The first-order valence-corrected chi connectivity index (χ1v) is 8.42. The third kappa shape index (κ3) is 4.06. The Bertz CT molecular complexity index is 635. The van der Waals surface area contributed by atoms with Crippen LogP contribution in [0.1, 0.15) is 59.4 Å². The van der Waals surface area contributed by atoms with Crippen LogP contribution in [0.25, 0.3) is 5.65 Å². The van der Waals surface area contributed by atoms with Crippen LogP contribution in [-0.4, -0.2) is 14.4 Å². The summed E-state index contributed by atoms with van der Waals surface area (Å²) in [7, 11) is 0. The number of imidazole rings is 1. The molecule has 0 fully saturated rings. The monoisotopic (exact) mass is 351 g/mol. The van der Waals surface area contributed by atoms with Crippen molar-refractivity contribution in [1.29, 1.82) is 0 Å². The van der Waals surface area contributed by atoms with E-state index in [1.807, 2.05) is 12.4 Å². The molecule has 0 atom stereocenters. The summed E-state index contributed by atoms with van der Waals surface area (Å²) >= 11 is 3.47. The first-order chi connectivity index (χ1) is 9.61. The van der Waals surface area contributed by atoms with Gasteiger partial charge in [-0.1, -0.05) is 41.5 Å². The van der Waals surface area contributed by atoms with Gasteiger partial charge in [-0.25, -0.2) is 9.97 Å². The van der Waals surface area contributed by atoms with E-state index < -0.39 is 0 Å². The predicted octanol–water partition coefficient (Wildman–Crippen LogP) is 5.06. The van der Waals surface area contributed by atoms with Crippen LogP contribution in [0.3, 0.4) is 0 Å². The third-order valence-corrected chi connectivity index (χ3v) is 4.06. The minimum absolute atomic E-state index is 0.244. The minimum atomic E-state index is 0.244. The first kappa shape index (κ1) is 16.5. The highest BCUT2D eigenvalue weighted by atomic mass is 79.9. The number of hydrogen-bond donors (Lipinski definition) is 0. The molecule has 0 aliphatic carbocycles. The fourth-order valence-electron chi connectivity index (χ4n) is 3.45. The number of hydrogen-bond acceptors (Lipinski definition) is 2. The predicted molar refractivity (Wildman–Crippen MR) is 91.6 cm³/mol. The molecule has 0 saturated heterocycles. The van der Waals surface area contributed by atoms with E-state index in [0.29, 0.717) is 5.41 Å². The molecule has 0 spiro atoms. The Morgan fingerprint density at radius 1 is 1.19 bits per heavy atom. The molecule has 4 heteroatoms. The lowest BCUT2D eigenvalue weighted by atomic mass is 9.73. The Morgan fingerprint density at radius 2 is 1.86 bits per heavy atom. The fourth-order valence-corrected chi connectivity index (χ4v) is 3.76. The molecule has 0 aromatic carbocycles. The van der Waals surface area contributed by atoms with Gasteiger partial charge in [0.2, 0.25) is 0 Å². The van der Waals surface area contributed by atoms with Crippen LogP contribution in [0.5, 0.6) is 0 Å². The lowest BCUT2D eigenvalue weighted by Crippen LogP contribution is -2.24. The first-order valence-electron chi connectivity index (χ1n) is 7.63. The van der Waals surface area contributed by atoms with E-state index in [9.17, 15) is 0 Å². The molecule has 2 heterocycles. The molecular formula is C17H26BrN3. The average molecular weight is 352 g/mol. The quantitative estimate of drug-likeness (QED) is 0.770. The molecule has 2 rings (SSSR count). The van der Waals surface area contributed by atoms with Gasteiger partial charge in [0.1, 0.15) is 4.60 Å². The van der Waals surface area contributed by atoms with Gasteiger partial charge in [0.25, 0.3) is 0 Å². The van der Waals surface area contributed by atoms with Crippen molar-refractivity contribution < 1.29 is 0 Å². The Kier molecular flexibility index (Phi) is 4.48. The molecule has 116 valence electrons. The van der Waals surface area contributed by atoms with Crippen molar-refractivity contribution in [3.05, 3.63) is 28.4 Å². The van der Waals surface area contributed by atoms with Gasteiger partial charge < -0.3 is 0 Å². The molecular weight excluding hydrogens is 326 g/mol. The topological polar surface area (TPSA) is 30.2 Å². The van der Waals surface area contributed by atoms with E-state index in [1.165, 1.54) is 17.8 Å². The molecule has 0 N–H and O–H groups in total. The van der Waals surface area contributed by atoms with Crippen LogP contribution in [0, 0.1) is 10.8 Å². The van der Waals surface area contributed by atoms with Gasteiger partial charge in [-0.05, 0) is 46.0 Å². The van der Waals surface area contributed by atoms with E-state index in [1.54, 1.807) is 0 Å². The van der Waals surface area contributed by atoms with Crippen LogP contribution in [0.15, 0.2) is 17.0 Å². The summed E-state index contributed by atoms with van der Waals surface area (Å²) in [5.41, 5.74) is 4.03. The molecule has 0 aliphatic rings. The molecule has 21 heavy (non-hydrogen) atoms. The normalized spacial score (nSPS) is 13.1. The summed E-state index contributed by atoms with van der Waals surface area (Å²) in [4.78, 5) is 9.02. The zero-order chi connectivity index (χ0) is 15.8. The van der Waals surface area contributed by atoms with Gasteiger partial charge in [0.15, 0.2) is 5.65 Å². The summed E-state index contributed by atoms with van der Waals surface area (Å²) in [6.45, 7) is 13.8. The number of halogens is 1. The van der Waals surface area contributed by atoms with Gasteiger partial charge in [-0.2, -0.15) is 0 Å². The third-order valence-electron chi connectivity index (χ3n) is 3.65. The van der Waals surface area contributed by atoms with E-state index in [2.05, 4.69) is 66.9 Å². The van der Waals surface area contributed by atoms with Gasteiger partial charge >= 0.3 is 0 Å². The lowest BCUT2D eigenvalue weighted by Gasteiger charge is -2.32. The molecule has 0 saturated carbocycles. The number of fused-ring (bicyclic) bond motifs is 1. The van der Waals surface area contributed by atoms with Crippen LogP contribution in [0.4, 0.5) is 0 Å². The fraction of sp³-hybridized carbons (Fsp3) is 0.647. The van der Waals surface area contributed by atoms with Crippen LogP contribution >= 0.6 is 15.9 Å². The summed E-state index contributed by atoms with van der Waals surface area (Å²) in [5, 5.41) is 0. The van der Waals surface area contributed by atoms with E-state index in [0.717, 1.165) is 23.1 Å². The van der Waals surface area contributed by atoms with Crippen molar-refractivity contribution in [3.63, 3.8) is 0 Å². The summed E-state index contributed by atoms with van der Waals surface area (Å²) in [6.07, 6.45) is 7.04. The largest absolute Gasteiger partial charge is 0.300 e. The number of nitrogens with zero attached hydrogens (tertiary/aromatic N) is 3. The van der Waals surface area contributed by atoms with Crippen molar-refractivity contribution in [2.45, 2.75) is 60.8 Å². The zero-order valence-electron chi connectivity index (χ0n) is 14.0. The van der Waals surface area contributed by atoms with Crippen molar-refractivity contribution >= 4 is 21.6 Å². The lowest BCUT2D eigenvalue weighted by molar-refractivity contribution is 0.209. The van der Waals surface area contributed by atoms with Crippen LogP contribution in [-0.2, 0) is 12.8 Å².